The van der Waals surface area contributed by atoms with E-state index >= 15 is 0 Å². The molecule has 0 atom stereocenters. The van der Waals surface area contributed by atoms with Gasteiger partial charge < -0.3 is 14.2 Å². The Balaban J connectivity index is 1.83. The average Bonchev–Trinajstić information content (AvgIpc) is 2.80. The smallest absolute Gasteiger partial charge is 0.162 e. The molecule has 20 heavy (non-hydrogen) atoms. The number of nitrogens with zero attached hydrogens (tertiary/aromatic N) is 4. The Hall–Kier alpha value is -1.28. The Morgan fingerprint density at radius 3 is 2.70 bits per heavy atom. The minimum absolute atomic E-state index is 0.286. The largest absolute Gasteiger partial charge is 0.382 e. The Kier molecular flexibility index (Phi) is 5.66. The van der Waals surface area contributed by atoms with Gasteiger partial charge in [0.05, 0.1) is 38.0 Å². The van der Waals surface area contributed by atoms with E-state index in [4.69, 9.17) is 25.8 Å². The number of rotatable bonds is 8. The zero-order valence-electron chi connectivity index (χ0n) is 11.5. The van der Waals surface area contributed by atoms with E-state index in [9.17, 15) is 0 Å². The van der Waals surface area contributed by atoms with Crippen LogP contribution < -0.4 is 0 Å². The molecule has 2 aromatic rings. The van der Waals surface area contributed by atoms with Gasteiger partial charge in [0.15, 0.2) is 11.5 Å². The van der Waals surface area contributed by atoms with E-state index in [0.717, 1.165) is 5.39 Å². The van der Waals surface area contributed by atoms with E-state index in [0.29, 0.717) is 43.1 Å². The standard InChI is InChI=1S/C12H17ClN4O3/c1-17-12-9(7-14-17)11(13)15-10(16-12)8-20-6-5-19-4-3-18-2/h7H,3-6,8H2,1-2H3. The zero-order valence-corrected chi connectivity index (χ0v) is 12.3. The SMILES string of the molecule is COCCOCCOCc1nc(Cl)c2cnn(C)c2n1. The lowest BCUT2D eigenvalue weighted by Crippen LogP contribution is -2.09. The van der Waals surface area contributed by atoms with Crippen LogP contribution in [0.4, 0.5) is 0 Å². The van der Waals surface area contributed by atoms with Gasteiger partial charge in [0, 0.05) is 14.2 Å². The Bertz CT molecular complexity index is 561. The highest BCUT2D eigenvalue weighted by molar-refractivity contribution is 6.33. The van der Waals surface area contributed by atoms with E-state index in [1.54, 1.807) is 25.0 Å². The molecule has 0 spiro atoms. The van der Waals surface area contributed by atoms with Crippen LogP contribution in [0, 0.1) is 0 Å². The molecule has 8 heteroatoms. The van der Waals surface area contributed by atoms with Crippen LogP contribution in [0.1, 0.15) is 5.82 Å². The molecule has 0 aromatic carbocycles. The van der Waals surface area contributed by atoms with Gasteiger partial charge in [-0.25, -0.2) is 9.97 Å². The summed E-state index contributed by atoms with van der Waals surface area (Å²) >= 11 is 6.07. The number of fused-ring (bicyclic) bond motifs is 1. The summed E-state index contributed by atoms with van der Waals surface area (Å²) in [4.78, 5) is 8.54. The number of aryl methyl sites for hydroxylation is 1. The number of methoxy groups -OCH3 is 1. The van der Waals surface area contributed by atoms with E-state index in [1.165, 1.54) is 0 Å². The number of halogens is 1. The van der Waals surface area contributed by atoms with Crippen LogP contribution in [0.3, 0.4) is 0 Å². The van der Waals surface area contributed by atoms with Crippen LogP contribution in [0.25, 0.3) is 11.0 Å². The van der Waals surface area contributed by atoms with E-state index < -0.39 is 0 Å². The second-order valence-corrected chi connectivity index (χ2v) is 4.45. The van der Waals surface area contributed by atoms with Gasteiger partial charge in [-0.3, -0.25) is 4.68 Å². The van der Waals surface area contributed by atoms with Crippen LogP contribution >= 0.6 is 11.6 Å². The van der Waals surface area contributed by atoms with Gasteiger partial charge in [-0.1, -0.05) is 11.6 Å². The highest BCUT2D eigenvalue weighted by atomic mass is 35.5. The van der Waals surface area contributed by atoms with Crippen LogP contribution in [-0.2, 0) is 27.9 Å². The van der Waals surface area contributed by atoms with Crippen LogP contribution in [-0.4, -0.2) is 53.3 Å². The molecule has 0 aliphatic heterocycles. The third-order valence-electron chi connectivity index (χ3n) is 2.63. The summed E-state index contributed by atoms with van der Waals surface area (Å²) in [5.41, 5.74) is 0.694. The highest BCUT2D eigenvalue weighted by Gasteiger charge is 2.09. The zero-order chi connectivity index (χ0) is 14.4. The van der Waals surface area contributed by atoms with Crippen molar-refractivity contribution in [3.8, 4) is 0 Å². The molecular formula is C12H17ClN4O3. The van der Waals surface area contributed by atoms with Crippen molar-refractivity contribution in [2.45, 2.75) is 6.61 Å². The van der Waals surface area contributed by atoms with Crippen molar-refractivity contribution < 1.29 is 14.2 Å². The second kappa shape index (κ2) is 7.49. The van der Waals surface area contributed by atoms with Gasteiger partial charge in [-0.15, -0.1) is 0 Å². The Morgan fingerprint density at radius 1 is 1.15 bits per heavy atom. The van der Waals surface area contributed by atoms with Gasteiger partial charge in [-0.2, -0.15) is 5.10 Å². The lowest BCUT2D eigenvalue weighted by atomic mass is 10.4. The minimum atomic E-state index is 0.286. The first-order valence-corrected chi connectivity index (χ1v) is 6.58. The second-order valence-electron chi connectivity index (χ2n) is 4.09. The molecular weight excluding hydrogens is 284 g/mol. The maximum atomic E-state index is 6.07. The minimum Gasteiger partial charge on any atom is -0.382 e. The topological polar surface area (TPSA) is 71.3 Å². The molecule has 0 aliphatic rings. The molecule has 0 fully saturated rings. The van der Waals surface area contributed by atoms with Crippen molar-refractivity contribution >= 4 is 22.6 Å². The molecule has 7 nitrogen and oxygen atoms in total. The van der Waals surface area contributed by atoms with Crippen LogP contribution in [0.5, 0.6) is 0 Å². The third-order valence-corrected chi connectivity index (χ3v) is 2.91. The summed E-state index contributed by atoms with van der Waals surface area (Å²) in [6.45, 7) is 2.40. The molecule has 2 rings (SSSR count). The quantitative estimate of drug-likeness (QED) is 0.539. The Morgan fingerprint density at radius 2 is 1.90 bits per heavy atom. The van der Waals surface area contributed by atoms with Crippen molar-refractivity contribution in [3.05, 3.63) is 17.2 Å². The van der Waals surface area contributed by atoms with Gasteiger partial charge in [0.25, 0.3) is 0 Å². The fraction of sp³-hybridized carbons (Fsp3) is 0.583. The summed E-state index contributed by atoms with van der Waals surface area (Å²) in [5, 5.41) is 5.22. The first kappa shape index (κ1) is 15.1. The van der Waals surface area contributed by atoms with Gasteiger partial charge >= 0.3 is 0 Å². The third kappa shape index (κ3) is 3.86. The van der Waals surface area contributed by atoms with E-state index in [2.05, 4.69) is 15.1 Å². The molecule has 0 aliphatic carbocycles. The molecule has 2 aromatic heterocycles. The number of ether oxygens (including phenoxy) is 3. The summed E-state index contributed by atoms with van der Waals surface area (Å²) in [6.07, 6.45) is 1.64. The van der Waals surface area contributed by atoms with Crippen LogP contribution in [0.2, 0.25) is 5.15 Å². The van der Waals surface area contributed by atoms with Crippen molar-refractivity contribution in [2.75, 3.05) is 33.5 Å². The van der Waals surface area contributed by atoms with Crippen molar-refractivity contribution in [1.82, 2.24) is 19.7 Å². The first-order valence-electron chi connectivity index (χ1n) is 6.21. The van der Waals surface area contributed by atoms with Crippen LogP contribution in [0.15, 0.2) is 6.20 Å². The molecule has 0 saturated carbocycles. The lowest BCUT2D eigenvalue weighted by Gasteiger charge is -2.05. The van der Waals surface area contributed by atoms with E-state index in [-0.39, 0.29) is 6.61 Å². The highest BCUT2D eigenvalue weighted by Crippen LogP contribution is 2.19. The maximum Gasteiger partial charge on any atom is 0.162 e. The van der Waals surface area contributed by atoms with Gasteiger partial charge in [0.1, 0.15) is 11.8 Å². The molecule has 0 saturated heterocycles. The normalized spacial score (nSPS) is 11.3. The van der Waals surface area contributed by atoms with Gasteiger partial charge in [0.2, 0.25) is 0 Å². The molecule has 0 radical (unpaired) electrons. The summed E-state index contributed by atoms with van der Waals surface area (Å²) < 4.78 is 17.2. The Labute approximate surface area is 121 Å². The fourth-order valence-electron chi connectivity index (χ4n) is 1.62. The number of aromatic nitrogens is 4. The van der Waals surface area contributed by atoms with Crippen molar-refractivity contribution in [1.29, 1.82) is 0 Å². The number of hydrogen-bond acceptors (Lipinski definition) is 6. The molecule has 0 bridgehead atoms. The monoisotopic (exact) mass is 300 g/mol. The molecule has 0 N–H and O–H groups in total. The summed E-state index contributed by atoms with van der Waals surface area (Å²) in [7, 11) is 3.44. The lowest BCUT2D eigenvalue weighted by molar-refractivity contribution is 0.0185. The van der Waals surface area contributed by atoms with Crippen molar-refractivity contribution in [3.63, 3.8) is 0 Å². The predicted molar refractivity (Wildman–Crippen MR) is 73.7 cm³/mol. The predicted octanol–water partition coefficient (Wildman–Crippen LogP) is 1.20. The fourth-order valence-corrected chi connectivity index (χ4v) is 1.85. The van der Waals surface area contributed by atoms with Crippen molar-refractivity contribution in [2.24, 2.45) is 7.05 Å². The molecule has 0 unspecified atom stereocenters. The van der Waals surface area contributed by atoms with Gasteiger partial charge in [-0.05, 0) is 0 Å². The van der Waals surface area contributed by atoms with E-state index in [1.807, 2.05) is 0 Å². The summed E-state index contributed by atoms with van der Waals surface area (Å²) in [6, 6.07) is 0. The number of hydrogen-bond donors (Lipinski definition) is 0. The summed E-state index contributed by atoms with van der Waals surface area (Å²) in [5.74, 6) is 0.531. The first-order chi connectivity index (χ1) is 9.72. The molecule has 0 amide bonds. The average molecular weight is 301 g/mol. The molecule has 2 heterocycles. The molecule has 110 valence electrons. The maximum absolute atomic E-state index is 6.07.